The van der Waals surface area contributed by atoms with Crippen molar-refractivity contribution < 1.29 is 9.90 Å². The van der Waals surface area contributed by atoms with E-state index in [-0.39, 0.29) is 0 Å². The zero-order valence-corrected chi connectivity index (χ0v) is 13.3. The predicted octanol–water partition coefficient (Wildman–Crippen LogP) is 0.998. The molecule has 0 aromatic rings. The molecule has 1 saturated heterocycles. The third-order valence-corrected chi connectivity index (χ3v) is 5.42. The van der Waals surface area contributed by atoms with Gasteiger partial charge in [-0.05, 0) is 45.1 Å². The fourth-order valence-electron chi connectivity index (χ4n) is 3.80. The highest BCUT2D eigenvalue weighted by Gasteiger charge is 2.54. The van der Waals surface area contributed by atoms with Gasteiger partial charge in [0.05, 0.1) is 0 Å². The molecule has 2 N–H and O–H groups in total. The predicted molar refractivity (Wildman–Crippen MR) is 82.4 cm³/mol. The third kappa shape index (κ3) is 3.25. The van der Waals surface area contributed by atoms with Crippen molar-refractivity contribution in [2.75, 3.05) is 32.7 Å². The maximum Gasteiger partial charge on any atom is 0.325 e. The lowest BCUT2D eigenvalue weighted by molar-refractivity contribution is -0.147. The van der Waals surface area contributed by atoms with Crippen molar-refractivity contribution in [3.63, 3.8) is 0 Å². The van der Waals surface area contributed by atoms with Crippen molar-refractivity contribution in [2.45, 2.75) is 57.2 Å². The van der Waals surface area contributed by atoms with Crippen molar-refractivity contribution in [2.24, 2.45) is 5.92 Å². The van der Waals surface area contributed by atoms with E-state index in [1.807, 2.05) is 0 Å². The van der Waals surface area contributed by atoms with Crippen LogP contribution < -0.4 is 5.32 Å². The van der Waals surface area contributed by atoms with Crippen molar-refractivity contribution in [3.8, 4) is 0 Å². The Morgan fingerprint density at radius 3 is 2.48 bits per heavy atom. The van der Waals surface area contributed by atoms with Crippen LogP contribution in [0.25, 0.3) is 0 Å². The van der Waals surface area contributed by atoms with Crippen molar-refractivity contribution >= 4 is 5.97 Å². The normalized spacial score (nSPS) is 31.0. The first-order valence-corrected chi connectivity index (χ1v) is 8.52. The van der Waals surface area contributed by atoms with Gasteiger partial charge in [0, 0.05) is 38.3 Å². The van der Waals surface area contributed by atoms with Crippen molar-refractivity contribution in [1.29, 1.82) is 0 Å². The average Bonchev–Trinajstić information content (AvgIpc) is 3.31. The monoisotopic (exact) mass is 295 g/mol. The number of aliphatic carboxylic acids is 1. The van der Waals surface area contributed by atoms with Gasteiger partial charge in [-0.2, -0.15) is 0 Å². The quantitative estimate of drug-likeness (QED) is 0.734. The van der Waals surface area contributed by atoms with Crippen LogP contribution in [-0.2, 0) is 4.79 Å². The molecule has 1 heterocycles. The zero-order chi connectivity index (χ0) is 15.0. The number of likely N-dealkylation sites (N-methyl/N-ethyl adjacent to an activating group) is 1. The van der Waals surface area contributed by atoms with Gasteiger partial charge in [-0.15, -0.1) is 0 Å². The molecule has 0 aromatic carbocycles. The van der Waals surface area contributed by atoms with Gasteiger partial charge >= 0.3 is 5.97 Å². The van der Waals surface area contributed by atoms with E-state index in [1.165, 1.54) is 0 Å². The van der Waals surface area contributed by atoms with Gasteiger partial charge in [-0.3, -0.25) is 19.9 Å². The van der Waals surface area contributed by atoms with Crippen LogP contribution in [0, 0.1) is 5.92 Å². The fraction of sp³-hybridized carbons (Fsp3) is 0.938. The second-order valence-corrected chi connectivity index (χ2v) is 7.18. The average molecular weight is 295 g/mol. The summed E-state index contributed by atoms with van der Waals surface area (Å²) in [5.41, 5.74) is -0.699. The van der Waals surface area contributed by atoms with E-state index < -0.39 is 11.5 Å². The molecule has 3 aliphatic rings. The number of hydrogen-bond donors (Lipinski definition) is 2. The first-order valence-electron chi connectivity index (χ1n) is 8.52. The summed E-state index contributed by atoms with van der Waals surface area (Å²) in [5, 5.41) is 13.4. The lowest BCUT2D eigenvalue weighted by Crippen LogP contribution is -2.64. The topological polar surface area (TPSA) is 55.8 Å². The summed E-state index contributed by atoms with van der Waals surface area (Å²) in [5.74, 6) is -0.308. The van der Waals surface area contributed by atoms with Gasteiger partial charge in [0.25, 0.3) is 0 Å². The Morgan fingerprint density at radius 2 is 2.00 bits per heavy atom. The largest absolute Gasteiger partial charge is 0.480 e. The van der Waals surface area contributed by atoms with Crippen molar-refractivity contribution in [1.82, 2.24) is 15.1 Å². The van der Waals surface area contributed by atoms with E-state index in [2.05, 4.69) is 29.0 Å². The van der Waals surface area contributed by atoms with Crippen LogP contribution in [0.1, 0.15) is 39.5 Å². The van der Waals surface area contributed by atoms with Gasteiger partial charge in [0.2, 0.25) is 0 Å². The van der Waals surface area contributed by atoms with Crippen molar-refractivity contribution in [3.05, 3.63) is 0 Å². The summed E-state index contributed by atoms with van der Waals surface area (Å²) in [4.78, 5) is 16.9. The molecule has 5 nitrogen and oxygen atoms in total. The van der Waals surface area contributed by atoms with Crippen LogP contribution in [0.5, 0.6) is 0 Å². The summed E-state index contributed by atoms with van der Waals surface area (Å²) >= 11 is 0. The molecule has 3 rings (SSSR count). The number of carbonyl (C=O) groups is 1. The van der Waals surface area contributed by atoms with E-state index in [9.17, 15) is 9.90 Å². The number of carboxylic acids is 1. The minimum absolute atomic E-state index is 0.329. The van der Waals surface area contributed by atoms with Crippen LogP contribution in [0.4, 0.5) is 0 Å². The van der Waals surface area contributed by atoms with Crippen LogP contribution in [0.3, 0.4) is 0 Å². The number of carboxylic acid groups (broad SMARTS) is 1. The molecule has 0 aromatic heterocycles. The maximum absolute atomic E-state index is 12.0. The summed E-state index contributed by atoms with van der Waals surface area (Å²) in [6.07, 6.45) is 4.41. The molecule has 2 atom stereocenters. The highest BCUT2D eigenvalue weighted by molar-refractivity contribution is 5.80. The third-order valence-electron chi connectivity index (χ3n) is 5.42. The Hall–Kier alpha value is -0.650. The standard InChI is InChI=1S/C16H29N3O2/c1-3-19-9-8-18(10-12(19)2)11-16(15(20)21,13-4-5-13)17-14-6-7-14/h12-14,17H,3-11H2,1-2H3,(H,20,21). The molecule has 1 aliphatic heterocycles. The number of nitrogens with one attached hydrogen (secondary N) is 1. The van der Waals surface area contributed by atoms with Crippen LogP contribution in [0.15, 0.2) is 0 Å². The molecule has 120 valence electrons. The summed E-state index contributed by atoms with van der Waals surface area (Å²) in [6, 6.07) is 0.964. The minimum atomic E-state index is -0.699. The molecule has 0 bridgehead atoms. The van der Waals surface area contributed by atoms with Crippen LogP contribution in [0.2, 0.25) is 0 Å². The molecule has 0 amide bonds. The maximum atomic E-state index is 12.0. The number of piperazine rings is 1. The van der Waals surface area contributed by atoms with Crippen LogP contribution in [-0.4, -0.2) is 71.2 Å². The Labute approximate surface area is 127 Å². The van der Waals surface area contributed by atoms with Gasteiger partial charge in [-0.1, -0.05) is 6.92 Å². The first kappa shape index (κ1) is 15.3. The van der Waals surface area contributed by atoms with E-state index in [4.69, 9.17) is 0 Å². The second kappa shape index (κ2) is 5.86. The Kier molecular flexibility index (Phi) is 4.26. The highest BCUT2D eigenvalue weighted by Crippen LogP contribution is 2.42. The molecule has 3 fully saturated rings. The number of nitrogens with zero attached hydrogens (tertiary/aromatic N) is 2. The molecular weight excluding hydrogens is 266 g/mol. The molecule has 0 spiro atoms. The van der Waals surface area contributed by atoms with E-state index >= 15 is 0 Å². The van der Waals surface area contributed by atoms with Crippen LogP contribution >= 0.6 is 0 Å². The van der Waals surface area contributed by atoms with Gasteiger partial charge in [-0.25, -0.2) is 0 Å². The lowest BCUT2D eigenvalue weighted by Gasteiger charge is -2.43. The molecule has 2 saturated carbocycles. The smallest absolute Gasteiger partial charge is 0.325 e. The van der Waals surface area contributed by atoms with Gasteiger partial charge in [0.15, 0.2) is 0 Å². The molecule has 2 aliphatic carbocycles. The number of hydrogen-bond acceptors (Lipinski definition) is 4. The summed E-state index contributed by atoms with van der Waals surface area (Å²) in [6.45, 7) is 9.25. The highest BCUT2D eigenvalue weighted by atomic mass is 16.4. The lowest BCUT2D eigenvalue weighted by atomic mass is 9.91. The zero-order valence-electron chi connectivity index (χ0n) is 13.3. The van der Waals surface area contributed by atoms with Gasteiger partial charge < -0.3 is 5.11 Å². The fourth-order valence-corrected chi connectivity index (χ4v) is 3.80. The van der Waals surface area contributed by atoms with Gasteiger partial charge in [0.1, 0.15) is 5.54 Å². The molecular formula is C16H29N3O2. The molecule has 21 heavy (non-hydrogen) atoms. The summed E-state index contributed by atoms with van der Waals surface area (Å²) < 4.78 is 0. The second-order valence-electron chi connectivity index (χ2n) is 7.18. The first-order chi connectivity index (χ1) is 10.0. The van der Waals surface area contributed by atoms with E-state index in [0.717, 1.165) is 51.9 Å². The number of rotatable bonds is 7. The Morgan fingerprint density at radius 1 is 1.29 bits per heavy atom. The minimum Gasteiger partial charge on any atom is -0.480 e. The van der Waals surface area contributed by atoms with E-state index in [0.29, 0.717) is 24.5 Å². The Balaban J connectivity index is 1.68. The molecule has 2 unspecified atom stereocenters. The SMILES string of the molecule is CCN1CCN(CC(NC2CC2)(C(=O)O)C2CC2)CC1C. The van der Waals surface area contributed by atoms with E-state index in [1.54, 1.807) is 0 Å². The summed E-state index contributed by atoms with van der Waals surface area (Å²) in [7, 11) is 0. The molecule has 0 radical (unpaired) electrons. The molecule has 5 heteroatoms. The Bertz CT molecular complexity index is 395.